The number of rotatable bonds is 6. The molecule has 0 bridgehead atoms. The molecular formula is C18H16ClF2N5O. The monoisotopic (exact) mass is 391 g/mol. The Labute approximate surface area is 159 Å². The van der Waals surface area contributed by atoms with Gasteiger partial charge in [-0.25, -0.2) is 18.4 Å². The van der Waals surface area contributed by atoms with Gasteiger partial charge in [-0.1, -0.05) is 17.7 Å². The maximum Gasteiger partial charge on any atom is 0.238 e. The van der Waals surface area contributed by atoms with Crippen molar-refractivity contribution in [3.63, 3.8) is 0 Å². The maximum absolute atomic E-state index is 13.8. The number of anilines is 1. The summed E-state index contributed by atoms with van der Waals surface area (Å²) in [4.78, 5) is 16.2. The second kappa shape index (κ2) is 8.24. The van der Waals surface area contributed by atoms with E-state index in [1.165, 1.54) is 29.5 Å². The lowest BCUT2D eigenvalue weighted by Crippen LogP contribution is -2.30. The van der Waals surface area contributed by atoms with Crippen molar-refractivity contribution in [3.05, 3.63) is 71.3 Å². The van der Waals surface area contributed by atoms with E-state index in [1.54, 1.807) is 25.1 Å². The fourth-order valence-electron chi connectivity index (χ4n) is 2.54. The van der Waals surface area contributed by atoms with E-state index >= 15 is 0 Å². The summed E-state index contributed by atoms with van der Waals surface area (Å²) in [5.41, 5.74) is 1.33. The van der Waals surface area contributed by atoms with Crippen molar-refractivity contribution >= 4 is 23.2 Å². The van der Waals surface area contributed by atoms with Crippen molar-refractivity contribution in [2.45, 2.75) is 13.0 Å². The Morgan fingerprint density at radius 1 is 1.26 bits per heavy atom. The molecule has 0 saturated carbocycles. The predicted molar refractivity (Wildman–Crippen MR) is 97.8 cm³/mol. The molecule has 27 heavy (non-hydrogen) atoms. The average molecular weight is 392 g/mol. The second-order valence-electron chi connectivity index (χ2n) is 5.82. The van der Waals surface area contributed by atoms with E-state index in [4.69, 9.17) is 11.6 Å². The van der Waals surface area contributed by atoms with Gasteiger partial charge in [-0.2, -0.15) is 5.10 Å². The van der Waals surface area contributed by atoms with Crippen molar-refractivity contribution in [2.24, 2.45) is 0 Å². The number of amides is 1. The van der Waals surface area contributed by atoms with Crippen LogP contribution in [0.1, 0.15) is 18.5 Å². The Bertz CT molecular complexity index is 949. The number of carbonyl (C=O) groups is 1. The highest BCUT2D eigenvalue weighted by Gasteiger charge is 2.14. The normalized spacial score (nSPS) is 12.0. The molecule has 0 aliphatic heterocycles. The first-order valence-electron chi connectivity index (χ1n) is 8.07. The molecule has 1 aromatic heterocycles. The van der Waals surface area contributed by atoms with Gasteiger partial charge in [-0.05, 0) is 31.2 Å². The molecule has 1 heterocycles. The second-order valence-corrected chi connectivity index (χ2v) is 6.25. The summed E-state index contributed by atoms with van der Waals surface area (Å²) < 4.78 is 28.3. The van der Waals surface area contributed by atoms with Crippen LogP contribution in [0.4, 0.5) is 14.5 Å². The van der Waals surface area contributed by atoms with Gasteiger partial charge in [0.1, 0.15) is 24.3 Å². The topological polar surface area (TPSA) is 71.8 Å². The highest BCUT2D eigenvalue weighted by atomic mass is 35.5. The van der Waals surface area contributed by atoms with Gasteiger partial charge in [0, 0.05) is 22.7 Å². The van der Waals surface area contributed by atoms with Crippen molar-refractivity contribution in [3.8, 4) is 5.69 Å². The number of halogens is 3. The first kappa shape index (κ1) is 18.9. The SMILES string of the molecule is C[C@@H](NCC(=O)Nc1cc(Cl)ccc1-n1cncn1)c1ccc(F)cc1F. The largest absolute Gasteiger partial charge is 0.323 e. The van der Waals surface area contributed by atoms with Crippen LogP contribution >= 0.6 is 11.6 Å². The highest BCUT2D eigenvalue weighted by molar-refractivity contribution is 6.31. The van der Waals surface area contributed by atoms with Gasteiger partial charge in [-0.15, -0.1) is 0 Å². The van der Waals surface area contributed by atoms with E-state index in [0.717, 1.165) is 6.07 Å². The smallest absolute Gasteiger partial charge is 0.238 e. The van der Waals surface area contributed by atoms with Crippen LogP contribution in [-0.4, -0.2) is 27.2 Å². The van der Waals surface area contributed by atoms with Crippen LogP contribution in [0, 0.1) is 11.6 Å². The number of hydrogen-bond donors (Lipinski definition) is 2. The molecule has 0 saturated heterocycles. The molecule has 0 unspecified atom stereocenters. The molecule has 0 aliphatic carbocycles. The van der Waals surface area contributed by atoms with Gasteiger partial charge in [0.05, 0.1) is 17.9 Å². The van der Waals surface area contributed by atoms with Gasteiger partial charge >= 0.3 is 0 Å². The summed E-state index contributed by atoms with van der Waals surface area (Å²) in [7, 11) is 0. The minimum Gasteiger partial charge on any atom is -0.323 e. The third-order valence-electron chi connectivity index (χ3n) is 3.90. The molecule has 0 spiro atoms. The lowest BCUT2D eigenvalue weighted by molar-refractivity contribution is -0.115. The summed E-state index contributed by atoms with van der Waals surface area (Å²) in [5.74, 6) is -1.67. The van der Waals surface area contributed by atoms with E-state index in [9.17, 15) is 13.6 Å². The number of benzene rings is 2. The molecule has 1 amide bonds. The zero-order chi connectivity index (χ0) is 19.4. The summed E-state index contributed by atoms with van der Waals surface area (Å²) >= 11 is 6.01. The Kier molecular flexibility index (Phi) is 5.78. The number of carbonyl (C=O) groups excluding carboxylic acids is 1. The van der Waals surface area contributed by atoms with Gasteiger partial charge in [0.15, 0.2) is 0 Å². The van der Waals surface area contributed by atoms with Gasteiger partial charge in [0.25, 0.3) is 0 Å². The van der Waals surface area contributed by atoms with Crippen LogP contribution in [0.3, 0.4) is 0 Å². The maximum atomic E-state index is 13.8. The summed E-state index contributed by atoms with van der Waals surface area (Å²) in [6.07, 6.45) is 2.87. The summed E-state index contributed by atoms with van der Waals surface area (Å²) in [6, 6.07) is 7.82. The van der Waals surface area contributed by atoms with E-state index in [2.05, 4.69) is 20.7 Å². The lowest BCUT2D eigenvalue weighted by atomic mass is 10.1. The standard InChI is InChI=1S/C18H16ClF2N5O/c1-11(14-4-3-13(20)7-15(14)21)23-8-18(27)25-16-6-12(19)2-5-17(16)26-10-22-9-24-26/h2-7,9-11,23H,8H2,1H3,(H,25,27)/t11-/m1/s1. The molecule has 9 heteroatoms. The number of nitrogens with zero attached hydrogens (tertiary/aromatic N) is 3. The van der Waals surface area contributed by atoms with E-state index in [-0.39, 0.29) is 18.0 Å². The van der Waals surface area contributed by atoms with Crippen LogP contribution in [0.5, 0.6) is 0 Å². The first-order chi connectivity index (χ1) is 12.9. The van der Waals surface area contributed by atoms with E-state index < -0.39 is 17.7 Å². The first-order valence-corrected chi connectivity index (χ1v) is 8.44. The molecule has 1 atom stereocenters. The number of hydrogen-bond acceptors (Lipinski definition) is 4. The van der Waals surface area contributed by atoms with Gasteiger partial charge < -0.3 is 10.6 Å². The molecule has 0 aliphatic rings. The van der Waals surface area contributed by atoms with Crippen molar-refractivity contribution in [1.29, 1.82) is 0 Å². The summed E-state index contributed by atoms with van der Waals surface area (Å²) in [5, 5.41) is 10.1. The number of nitrogens with one attached hydrogen (secondary N) is 2. The zero-order valence-electron chi connectivity index (χ0n) is 14.3. The van der Waals surface area contributed by atoms with E-state index in [0.29, 0.717) is 16.4 Å². The Balaban J connectivity index is 1.67. The van der Waals surface area contributed by atoms with Gasteiger partial charge in [0.2, 0.25) is 5.91 Å². The van der Waals surface area contributed by atoms with Crippen molar-refractivity contribution < 1.29 is 13.6 Å². The minimum atomic E-state index is -0.668. The van der Waals surface area contributed by atoms with Crippen molar-refractivity contribution in [2.75, 3.05) is 11.9 Å². The molecular weight excluding hydrogens is 376 g/mol. The molecule has 2 aromatic carbocycles. The molecule has 0 radical (unpaired) electrons. The van der Waals surface area contributed by atoms with Crippen LogP contribution in [0.15, 0.2) is 49.1 Å². The molecule has 2 N–H and O–H groups in total. The van der Waals surface area contributed by atoms with Crippen LogP contribution in [0.25, 0.3) is 5.69 Å². The third kappa shape index (κ3) is 4.66. The van der Waals surface area contributed by atoms with E-state index in [1.807, 2.05) is 0 Å². The highest BCUT2D eigenvalue weighted by Crippen LogP contribution is 2.24. The molecule has 6 nitrogen and oxygen atoms in total. The Morgan fingerprint density at radius 2 is 2.07 bits per heavy atom. The molecule has 3 rings (SSSR count). The molecule has 140 valence electrons. The number of aromatic nitrogens is 3. The Morgan fingerprint density at radius 3 is 2.78 bits per heavy atom. The average Bonchev–Trinajstić information content (AvgIpc) is 3.14. The van der Waals surface area contributed by atoms with Crippen LogP contribution in [-0.2, 0) is 4.79 Å². The minimum absolute atomic E-state index is 0.0821. The molecule has 3 aromatic rings. The fraction of sp³-hybridized carbons (Fsp3) is 0.167. The van der Waals surface area contributed by atoms with Crippen LogP contribution in [0.2, 0.25) is 5.02 Å². The Hall–Kier alpha value is -2.84. The lowest BCUT2D eigenvalue weighted by Gasteiger charge is -2.16. The quantitative estimate of drug-likeness (QED) is 0.674. The zero-order valence-corrected chi connectivity index (χ0v) is 15.0. The molecule has 0 fully saturated rings. The van der Waals surface area contributed by atoms with Crippen molar-refractivity contribution in [1.82, 2.24) is 20.1 Å². The summed E-state index contributed by atoms with van der Waals surface area (Å²) in [6.45, 7) is 1.60. The van der Waals surface area contributed by atoms with Gasteiger partial charge in [-0.3, -0.25) is 4.79 Å². The van der Waals surface area contributed by atoms with Crippen LogP contribution < -0.4 is 10.6 Å². The third-order valence-corrected chi connectivity index (χ3v) is 4.13. The predicted octanol–water partition coefficient (Wildman–Crippen LogP) is 3.49. The fourth-order valence-corrected chi connectivity index (χ4v) is 2.72.